The Kier molecular flexibility index (Phi) is 7.07. The normalized spacial score (nSPS) is 18.5. The zero-order valence-electron chi connectivity index (χ0n) is 20.7. The van der Waals surface area contributed by atoms with Crippen LogP contribution in [0.25, 0.3) is 11.4 Å². The number of carbonyl (C=O) groups excluding carboxylic acids is 3. The van der Waals surface area contributed by atoms with Gasteiger partial charge in [-0.3, -0.25) is 23.9 Å². The molecule has 2 unspecified atom stereocenters. The van der Waals surface area contributed by atoms with Gasteiger partial charge in [0.05, 0.1) is 6.61 Å². The third kappa shape index (κ3) is 5.08. The molecule has 2 saturated heterocycles. The molecule has 2 aliphatic heterocycles. The lowest BCUT2D eigenvalue weighted by Gasteiger charge is -2.34. The number of nitrogens with one attached hydrogen (secondary N) is 2. The molecule has 198 valence electrons. The summed E-state index contributed by atoms with van der Waals surface area (Å²) in [6, 6.07) is 11.5. The predicted octanol–water partition coefficient (Wildman–Crippen LogP) is 1.31. The monoisotopic (exact) mass is 521 g/mol. The van der Waals surface area contributed by atoms with E-state index in [-0.39, 0.29) is 24.9 Å². The van der Waals surface area contributed by atoms with E-state index < -0.39 is 29.8 Å². The Morgan fingerprint density at radius 2 is 1.84 bits per heavy atom. The molecule has 0 radical (unpaired) electrons. The molecular formula is C26H27N5O7. The van der Waals surface area contributed by atoms with Gasteiger partial charge in [-0.1, -0.05) is 11.2 Å². The molecule has 5 rings (SSSR count). The molecule has 38 heavy (non-hydrogen) atoms. The van der Waals surface area contributed by atoms with Crippen molar-refractivity contribution in [2.24, 2.45) is 0 Å². The number of benzene rings is 2. The summed E-state index contributed by atoms with van der Waals surface area (Å²) in [6.45, 7) is 3.60. The summed E-state index contributed by atoms with van der Waals surface area (Å²) in [5.41, 5.74) is 2.74. The number of carbonyl (C=O) groups is 3. The number of H-pyrrole nitrogens is 1. The van der Waals surface area contributed by atoms with Crippen molar-refractivity contribution in [2.45, 2.75) is 32.0 Å². The molecule has 12 nitrogen and oxygen atoms in total. The first-order valence-corrected chi connectivity index (χ1v) is 12.3. The fraction of sp³-hybridized carbons (Fsp3) is 0.346. The van der Waals surface area contributed by atoms with E-state index in [1.54, 1.807) is 42.5 Å². The number of likely N-dealkylation sites (tertiary alicyclic amines) is 1. The Hall–Kier alpha value is -4.29. The molecule has 3 heterocycles. The zero-order chi connectivity index (χ0) is 26.8. The maximum atomic E-state index is 13.3. The number of aliphatic hydroxyl groups excluding tert-OH is 1. The van der Waals surface area contributed by atoms with Crippen molar-refractivity contribution < 1.29 is 28.8 Å². The van der Waals surface area contributed by atoms with Gasteiger partial charge in [-0.15, -0.1) is 0 Å². The molecule has 3 N–H and O–H groups in total. The molecule has 1 aromatic heterocycles. The molecule has 0 bridgehead atoms. The Balaban J connectivity index is 1.27. The highest BCUT2D eigenvalue weighted by Crippen LogP contribution is 2.26. The topological polar surface area (TPSA) is 158 Å². The average molecular weight is 522 g/mol. The van der Waals surface area contributed by atoms with Crippen LogP contribution in [0.4, 0.5) is 11.4 Å². The molecule has 0 spiro atoms. The second-order valence-corrected chi connectivity index (χ2v) is 9.23. The summed E-state index contributed by atoms with van der Waals surface area (Å²) < 4.78 is 9.97. The van der Waals surface area contributed by atoms with Gasteiger partial charge in [0.1, 0.15) is 0 Å². The number of nitrogens with zero attached hydrogens (tertiary/aromatic N) is 3. The summed E-state index contributed by atoms with van der Waals surface area (Å²) in [5, 5.41) is 16.8. The summed E-state index contributed by atoms with van der Waals surface area (Å²) >= 11 is 0. The molecule has 3 amide bonds. The quantitative estimate of drug-likeness (QED) is 0.438. The van der Waals surface area contributed by atoms with Gasteiger partial charge in [0, 0.05) is 42.1 Å². The SMILES string of the molecule is Cc1ccc(N2CCOC(C(O)C(=O)Nc3ccc(-c4noc(=O)[nH]4)cc3)C2=O)cc1C(=O)N1CCCC1. The van der Waals surface area contributed by atoms with Gasteiger partial charge in [0.2, 0.25) is 0 Å². The smallest absolute Gasteiger partial charge is 0.380 e. The maximum Gasteiger partial charge on any atom is 0.439 e. The third-order valence-corrected chi connectivity index (χ3v) is 6.70. The minimum Gasteiger partial charge on any atom is -0.380 e. The van der Waals surface area contributed by atoms with E-state index in [0.717, 1.165) is 18.4 Å². The van der Waals surface area contributed by atoms with Crippen LogP contribution < -0.4 is 16.0 Å². The summed E-state index contributed by atoms with van der Waals surface area (Å²) in [7, 11) is 0. The molecule has 2 fully saturated rings. The summed E-state index contributed by atoms with van der Waals surface area (Å²) in [5.74, 6) is -1.92. The van der Waals surface area contributed by atoms with Crippen LogP contribution in [0.1, 0.15) is 28.8 Å². The fourth-order valence-electron chi connectivity index (χ4n) is 4.61. The Morgan fingerprint density at radius 1 is 1.11 bits per heavy atom. The number of rotatable bonds is 6. The van der Waals surface area contributed by atoms with Crippen molar-refractivity contribution in [3.8, 4) is 11.4 Å². The van der Waals surface area contributed by atoms with E-state index in [9.17, 15) is 24.3 Å². The number of aromatic amines is 1. The Bertz CT molecular complexity index is 1410. The Morgan fingerprint density at radius 3 is 2.53 bits per heavy atom. The van der Waals surface area contributed by atoms with Crippen LogP contribution >= 0.6 is 0 Å². The van der Waals surface area contributed by atoms with Gasteiger partial charge in [0.25, 0.3) is 17.7 Å². The lowest BCUT2D eigenvalue weighted by Crippen LogP contribution is -2.55. The minimum atomic E-state index is -1.77. The zero-order valence-corrected chi connectivity index (χ0v) is 20.7. The lowest BCUT2D eigenvalue weighted by atomic mass is 10.0. The van der Waals surface area contributed by atoms with Crippen LogP contribution in [0, 0.1) is 6.92 Å². The van der Waals surface area contributed by atoms with Crippen LogP contribution in [0.2, 0.25) is 0 Å². The second kappa shape index (κ2) is 10.6. The van der Waals surface area contributed by atoms with Gasteiger partial charge in [0.15, 0.2) is 18.0 Å². The van der Waals surface area contributed by atoms with E-state index in [2.05, 4.69) is 20.0 Å². The first kappa shape index (κ1) is 25.4. The van der Waals surface area contributed by atoms with Gasteiger partial charge >= 0.3 is 5.76 Å². The van der Waals surface area contributed by atoms with Crippen molar-refractivity contribution in [3.05, 3.63) is 64.1 Å². The number of hydrogen-bond donors (Lipinski definition) is 3. The van der Waals surface area contributed by atoms with E-state index >= 15 is 0 Å². The first-order chi connectivity index (χ1) is 18.3. The van der Waals surface area contributed by atoms with Gasteiger partial charge < -0.3 is 25.0 Å². The van der Waals surface area contributed by atoms with E-state index in [1.807, 2.05) is 11.8 Å². The first-order valence-electron chi connectivity index (χ1n) is 12.3. The van der Waals surface area contributed by atoms with Gasteiger partial charge in [-0.2, -0.15) is 0 Å². The Labute approximate surface area is 217 Å². The average Bonchev–Trinajstić information content (AvgIpc) is 3.61. The van der Waals surface area contributed by atoms with Crippen molar-refractivity contribution >= 4 is 29.1 Å². The number of amides is 3. The van der Waals surface area contributed by atoms with Crippen molar-refractivity contribution in [1.82, 2.24) is 15.0 Å². The van der Waals surface area contributed by atoms with Crippen molar-refractivity contribution in [3.63, 3.8) is 0 Å². The van der Waals surface area contributed by atoms with Crippen LogP contribution in [0.3, 0.4) is 0 Å². The highest BCUT2D eigenvalue weighted by atomic mass is 16.5. The van der Waals surface area contributed by atoms with Crippen LogP contribution in [0.5, 0.6) is 0 Å². The second-order valence-electron chi connectivity index (χ2n) is 9.23. The number of morpholine rings is 1. The highest BCUT2D eigenvalue weighted by molar-refractivity contribution is 6.05. The molecule has 0 saturated carbocycles. The number of aromatic nitrogens is 2. The maximum absolute atomic E-state index is 13.3. The molecular weight excluding hydrogens is 494 g/mol. The number of anilines is 2. The van der Waals surface area contributed by atoms with Gasteiger partial charge in [-0.25, -0.2) is 4.79 Å². The third-order valence-electron chi connectivity index (χ3n) is 6.70. The molecule has 3 aromatic rings. The van der Waals surface area contributed by atoms with E-state index in [4.69, 9.17) is 4.74 Å². The van der Waals surface area contributed by atoms with Crippen molar-refractivity contribution in [1.29, 1.82) is 0 Å². The van der Waals surface area contributed by atoms with Crippen LogP contribution in [-0.4, -0.2) is 76.3 Å². The standard InChI is InChI=1S/C26H27N5O7/c1-15-4-9-18(14-19(15)24(34)30-10-2-3-11-30)31-12-13-37-21(25(31)35)20(32)23(33)27-17-7-5-16(6-8-17)22-28-26(36)38-29-22/h4-9,14,20-21,32H,2-3,10-13H2,1H3,(H,27,33)(H,28,29,36). The largest absolute Gasteiger partial charge is 0.439 e. The van der Waals surface area contributed by atoms with Gasteiger partial charge in [-0.05, 0) is 61.7 Å². The van der Waals surface area contributed by atoms with Crippen LogP contribution in [-0.2, 0) is 14.3 Å². The summed E-state index contributed by atoms with van der Waals surface area (Å²) in [4.78, 5) is 55.8. The van der Waals surface area contributed by atoms with Crippen molar-refractivity contribution in [2.75, 3.05) is 36.5 Å². The van der Waals surface area contributed by atoms with E-state index in [0.29, 0.717) is 35.6 Å². The minimum absolute atomic E-state index is 0.0700. The number of hydrogen-bond acceptors (Lipinski definition) is 8. The summed E-state index contributed by atoms with van der Waals surface area (Å²) in [6.07, 6.45) is -1.24. The predicted molar refractivity (Wildman–Crippen MR) is 136 cm³/mol. The number of aryl methyl sites for hydroxylation is 1. The lowest BCUT2D eigenvalue weighted by molar-refractivity contribution is -0.150. The molecule has 2 aromatic carbocycles. The molecule has 12 heteroatoms. The molecule has 2 aliphatic rings. The number of aliphatic hydroxyl groups is 1. The molecule has 2 atom stereocenters. The highest BCUT2D eigenvalue weighted by Gasteiger charge is 2.39. The fourth-order valence-corrected chi connectivity index (χ4v) is 4.61. The number of ether oxygens (including phenoxy) is 1. The van der Waals surface area contributed by atoms with E-state index in [1.165, 1.54) is 4.90 Å². The molecule has 0 aliphatic carbocycles. The van der Waals surface area contributed by atoms with Crippen LogP contribution in [0.15, 0.2) is 51.8 Å².